The van der Waals surface area contributed by atoms with Gasteiger partial charge in [0, 0.05) is 10.6 Å². The van der Waals surface area contributed by atoms with Crippen LogP contribution in [0.4, 0.5) is 0 Å². The molecule has 1 amide bonds. The van der Waals surface area contributed by atoms with E-state index in [9.17, 15) is 4.79 Å². The lowest BCUT2D eigenvalue weighted by Crippen LogP contribution is -2.35. The maximum atomic E-state index is 12.2. The highest BCUT2D eigenvalue weighted by molar-refractivity contribution is 6.30. The molecule has 8 heteroatoms. The highest BCUT2D eigenvalue weighted by Crippen LogP contribution is 2.21. The summed E-state index contributed by atoms with van der Waals surface area (Å²) < 4.78 is 15.9. The third-order valence-electron chi connectivity index (χ3n) is 3.71. The van der Waals surface area contributed by atoms with Gasteiger partial charge in [0.15, 0.2) is 6.10 Å². The van der Waals surface area contributed by atoms with Crippen molar-refractivity contribution in [1.29, 1.82) is 0 Å². The summed E-state index contributed by atoms with van der Waals surface area (Å²) in [5.74, 6) is 1.66. The molecule has 0 bridgehead atoms. The van der Waals surface area contributed by atoms with Crippen LogP contribution in [-0.4, -0.2) is 29.3 Å². The smallest absolute Gasteiger partial charge is 0.261 e. The summed E-state index contributed by atoms with van der Waals surface area (Å²) in [5, 5.41) is 7.23. The normalized spacial score (nSPS) is 11.7. The minimum absolute atomic E-state index is 0.101. The van der Waals surface area contributed by atoms with Gasteiger partial charge < -0.3 is 19.3 Å². The van der Waals surface area contributed by atoms with E-state index in [2.05, 4.69) is 15.5 Å². The third-order valence-corrected chi connectivity index (χ3v) is 3.96. The molecule has 7 nitrogen and oxygen atoms in total. The van der Waals surface area contributed by atoms with Crippen molar-refractivity contribution in [3.05, 3.63) is 59.4 Å². The van der Waals surface area contributed by atoms with E-state index in [1.807, 2.05) is 18.2 Å². The van der Waals surface area contributed by atoms with Crippen molar-refractivity contribution < 1.29 is 18.8 Å². The Labute approximate surface area is 161 Å². The zero-order chi connectivity index (χ0) is 19.2. The predicted molar refractivity (Wildman–Crippen MR) is 99.7 cm³/mol. The van der Waals surface area contributed by atoms with Crippen LogP contribution in [0, 0.1) is 0 Å². The van der Waals surface area contributed by atoms with Crippen LogP contribution in [0.2, 0.25) is 5.02 Å². The van der Waals surface area contributed by atoms with Crippen LogP contribution in [0.3, 0.4) is 0 Å². The molecular formula is C19H18ClN3O4. The van der Waals surface area contributed by atoms with Crippen LogP contribution in [0.25, 0.3) is 11.4 Å². The van der Waals surface area contributed by atoms with Crippen LogP contribution in [-0.2, 0) is 11.3 Å². The second kappa shape index (κ2) is 8.55. The fourth-order valence-corrected chi connectivity index (χ4v) is 2.41. The molecule has 3 aromatic rings. The summed E-state index contributed by atoms with van der Waals surface area (Å²) in [4.78, 5) is 16.5. The largest absolute Gasteiger partial charge is 0.497 e. The number of benzene rings is 2. The van der Waals surface area contributed by atoms with Crippen LogP contribution in [0.15, 0.2) is 53.1 Å². The lowest BCUT2D eigenvalue weighted by molar-refractivity contribution is -0.127. The topological polar surface area (TPSA) is 86.5 Å². The fourth-order valence-electron chi connectivity index (χ4n) is 2.28. The van der Waals surface area contributed by atoms with Gasteiger partial charge in [-0.1, -0.05) is 28.9 Å². The van der Waals surface area contributed by atoms with E-state index in [-0.39, 0.29) is 12.5 Å². The van der Waals surface area contributed by atoms with Gasteiger partial charge in [-0.05, 0) is 43.3 Å². The van der Waals surface area contributed by atoms with Crippen molar-refractivity contribution in [3.63, 3.8) is 0 Å². The van der Waals surface area contributed by atoms with E-state index in [1.165, 1.54) is 0 Å². The average Bonchev–Trinajstić information content (AvgIpc) is 3.17. The molecule has 0 aliphatic rings. The minimum atomic E-state index is -0.688. The number of ether oxygens (including phenoxy) is 2. The van der Waals surface area contributed by atoms with Crippen LogP contribution in [0.5, 0.6) is 11.5 Å². The van der Waals surface area contributed by atoms with E-state index in [0.717, 1.165) is 5.56 Å². The Balaban J connectivity index is 1.55. The van der Waals surface area contributed by atoms with Gasteiger partial charge in [-0.2, -0.15) is 4.98 Å². The van der Waals surface area contributed by atoms with Gasteiger partial charge in [0.25, 0.3) is 5.91 Å². The second-order valence-corrected chi connectivity index (χ2v) is 6.11. The number of amides is 1. The highest BCUT2D eigenvalue weighted by atomic mass is 35.5. The molecular weight excluding hydrogens is 370 g/mol. The Morgan fingerprint density at radius 2 is 2.00 bits per heavy atom. The number of rotatable bonds is 7. The lowest BCUT2D eigenvalue weighted by Gasteiger charge is -2.13. The Bertz CT molecular complexity index is 911. The molecule has 0 unspecified atom stereocenters. The molecule has 1 atom stereocenters. The summed E-state index contributed by atoms with van der Waals surface area (Å²) in [6.07, 6.45) is -0.688. The number of hydrogen-bond acceptors (Lipinski definition) is 6. The summed E-state index contributed by atoms with van der Waals surface area (Å²) >= 11 is 5.83. The van der Waals surface area contributed by atoms with Crippen LogP contribution in [0.1, 0.15) is 12.8 Å². The monoisotopic (exact) mass is 387 g/mol. The van der Waals surface area contributed by atoms with E-state index < -0.39 is 6.10 Å². The van der Waals surface area contributed by atoms with Gasteiger partial charge in [0.1, 0.15) is 11.5 Å². The van der Waals surface area contributed by atoms with Crippen molar-refractivity contribution in [2.24, 2.45) is 0 Å². The maximum Gasteiger partial charge on any atom is 0.261 e. The molecule has 2 aromatic carbocycles. The quantitative estimate of drug-likeness (QED) is 0.667. The average molecular weight is 388 g/mol. The maximum absolute atomic E-state index is 12.2. The van der Waals surface area contributed by atoms with Gasteiger partial charge in [0.05, 0.1) is 13.7 Å². The summed E-state index contributed by atoms with van der Waals surface area (Å²) in [6.45, 7) is 1.75. The Hall–Kier alpha value is -3.06. The van der Waals surface area contributed by atoms with E-state index in [4.69, 9.17) is 25.6 Å². The second-order valence-electron chi connectivity index (χ2n) is 5.68. The first kappa shape index (κ1) is 18.7. The van der Waals surface area contributed by atoms with Crippen molar-refractivity contribution >= 4 is 17.5 Å². The molecule has 0 aliphatic carbocycles. The first-order valence-corrected chi connectivity index (χ1v) is 8.60. The Morgan fingerprint density at radius 1 is 1.22 bits per heavy atom. The molecule has 0 saturated carbocycles. The summed E-state index contributed by atoms with van der Waals surface area (Å²) in [6, 6.07) is 14.1. The SMILES string of the molecule is COc1cccc(-c2noc(CNC(=O)[C@H](C)Oc3ccc(Cl)cc3)n2)c1. The molecule has 0 aliphatic heterocycles. The van der Waals surface area contributed by atoms with Gasteiger partial charge in [-0.15, -0.1) is 0 Å². The van der Waals surface area contributed by atoms with Crippen molar-refractivity contribution in [2.45, 2.75) is 19.6 Å². The molecule has 1 aromatic heterocycles. The number of methoxy groups -OCH3 is 1. The summed E-state index contributed by atoms with van der Waals surface area (Å²) in [5.41, 5.74) is 0.759. The van der Waals surface area contributed by atoms with E-state index in [0.29, 0.717) is 28.2 Å². The lowest BCUT2D eigenvalue weighted by atomic mass is 10.2. The van der Waals surface area contributed by atoms with E-state index >= 15 is 0 Å². The predicted octanol–water partition coefficient (Wildman–Crippen LogP) is 3.48. The zero-order valence-electron chi connectivity index (χ0n) is 14.8. The number of halogens is 1. The zero-order valence-corrected chi connectivity index (χ0v) is 15.6. The molecule has 27 heavy (non-hydrogen) atoms. The number of nitrogens with one attached hydrogen (secondary N) is 1. The molecule has 3 rings (SSSR count). The Morgan fingerprint density at radius 3 is 2.74 bits per heavy atom. The van der Waals surface area contributed by atoms with E-state index in [1.54, 1.807) is 44.4 Å². The number of carbonyl (C=O) groups is 1. The molecule has 0 saturated heterocycles. The highest BCUT2D eigenvalue weighted by Gasteiger charge is 2.16. The number of carbonyl (C=O) groups excluding carboxylic acids is 1. The first-order valence-electron chi connectivity index (χ1n) is 8.22. The molecule has 1 N–H and O–H groups in total. The van der Waals surface area contributed by atoms with Crippen molar-refractivity contribution in [3.8, 4) is 22.9 Å². The molecule has 0 spiro atoms. The standard InChI is InChI=1S/C19H18ClN3O4/c1-12(26-15-8-6-14(20)7-9-15)19(24)21-11-17-22-18(23-27-17)13-4-3-5-16(10-13)25-2/h3-10,12H,11H2,1-2H3,(H,21,24)/t12-/m0/s1. The fraction of sp³-hybridized carbons (Fsp3) is 0.211. The minimum Gasteiger partial charge on any atom is -0.497 e. The molecule has 140 valence electrons. The molecule has 0 fully saturated rings. The van der Waals surface area contributed by atoms with Crippen LogP contribution >= 0.6 is 11.6 Å². The molecule has 1 heterocycles. The Kier molecular flexibility index (Phi) is 5.93. The van der Waals surface area contributed by atoms with Gasteiger partial charge in [-0.3, -0.25) is 4.79 Å². The van der Waals surface area contributed by atoms with Gasteiger partial charge in [0.2, 0.25) is 11.7 Å². The molecule has 0 radical (unpaired) electrons. The van der Waals surface area contributed by atoms with Gasteiger partial charge in [-0.25, -0.2) is 0 Å². The van der Waals surface area contributed by atoms with Crippen molar-refractivity contribution in [2.75, 3.05) is 7.11 Å². The van der Waals surface area contributed by atoms with Crippen molar-refractivity contribution in [1.82, 2.24) is 15.5 Å². The number of nitrogens with zero attached hydrogens (tertiary/aromatic N) is 2. The third kappa shape index (κ3) is 4.98. The number of hydrogen-bond donors (Lipinski definition) is 1. The first-order chi connectivity index (χ1) is 13.0. The van der Waals surface area contributed by atoms with Gasteiger partial charge >= 0.3 is 0 Å². The van der Waals surface area contributed by atoms with Crippen LogP contribution < -0.4 is 14.8 Å². The summed E-state index contributed by atoms with van der Waals surface area (Å²) in [7, 11) is 1.59. The number of aromatic nitrogens is 2.